The SMILES string of the molecule is CNCCN1C2CCC1CN(c1nc(C)nc3c(F)c(-c4ccc(F)c5sc(N)nc45)c(Cl)cc13)C2. The van der Waals surface area contributed by atoms with Gasteiger partial charge < -0.3 is 16.0 Å². The number of likely N-dealkylation sites (N-methyl/N-ethyl adjacent to an activating group) is 1. The summed E-state index contributed by atoms with van der Waals surface area (Å²) in [7, 11) is 1.97. The number of aryl methyl sites for hydroxylation is 1. The molecule has 2 aliphatic heterocycles. The first-order valence-corrected chi connectivity index (χ1v) is 13.2. The molecule has 188 valence electrons. The van der Waals surface area contributed by atoms with Gasteiger partial charge in [0.1, 0.15) is 23.0 Å². The van der Waals surface area contributed by atoms with Crippen LogP contribution in [0, 0.1) is 18.6 Å². The highest BCUT2D eigenvalue weighted by Gasteiger charge is 2.40. The van der Waals surface area contributed by atoms with Crippen LogP contribution in [0.15, 0.2) is 18.2 Å². The van der Waals surface area contributed by atoms with Gasteiger partial charge in [-0.1, -0.05) is 22.9 Å². The number of rotatable bonds is 5. The summed E-state index contributed by atoms with van der Waals surface area (Å²) in [6.07, 6.45) is 2.28. The monoisotopic (exact) mass is 529 g/mol. The predicted molar refractivity (Wildman–Crippen MR) is 142 cm³/mol. The fourth-order valence-corrected chi connectivity index (χ4v) is 6.80. The van der Waals surface area contributed by atoms with Crippen molar-refractivity contribution in [2.45, 2.75) is 31.8 Å². The van der Waals surface area contributed by atoms with Crippen LogP contribution in [-0.4, -0.2) is 65.2 Å². The zero-order valence-corrected chi connectivity index (χ0v) is 21.6. The molecular weight excluding hydrogens is 504 g/mol. The summed E-state index contributed by atoms with van der Waals surface area (Å²) in [6, 6.07) is 5.37. The van der Waals surface area contributed by atoms with E-state index in [-0.39, 0.29) is 31.5 Å². The first-order chi connectivity index (χ1) is 17.4. The van der Waals surface area contributed by atoms with E-state index in [9.17, 15) is 4.39 Å². The zero-order valence-electron chi connectivity index (χ0n) is 20.0. The summed E-state index contributed by atoms with van der Waals surface area (Å²) < 4.78 is 30.8. The Bertz CT molecular complexity index is 1480. The maximum absolute atomic E-state index is 16.2. The lowest BCUT2D eigenvalue weighted by atomic mass is 10.0. The van der Waals surface area contributed by atoms with Crippen LogP contribution in [0.2, 0.25) is 5.02 Å². The van der Waals surface area contributed by atoms with Crippen molar-refractivity contribution >= 4 is 55.0 Å². The fourth-order valence-electron chi connectivity index (χ4n) is 5.74. The molecule has 0 saturated carbocycles. The standard InChI is InChI=1S/C25H26ClF2N7S/c1-12-31-21-16(24(32-12)34-10-13-3-4-14(11-34)35(13)8-7-30-2)9-17(26)19(20(21)28)15-5-6-18(27)23-22(15)33-25(29)36-23/h5-6,9,13-14,30H,3-4,7-8,10-11H2,1-2H3,(H2,29,33). The molecule has 2 bridgehead atoms. The van der Waals surface area contributed by atoms with Crippen molar-refractivity contribution in [3.8, 4) is 11.1 Å². The Balaban J connectivity index is 1.46. The van der Waals surface area contributed by atoms with E-state index >= 15 is 4.39 Å². The molecule has 6 rings (SSSR count). The molecule has 2 aromatic heterocycles. The van der Waals surface area contributed by atoms with Crippen LogP contribution in [0.25, 0.3) is 32.2 Å². The van der Waals surface area contributed by atoms with Gasteiger partial charge in [-0.05, 0) is 45.0 Å². The van der Waals surface area contributed by atoms with E-state index in [1.807, 2.05) is 7.05 Å². The number of benzene rings is 2. The van der Waals surface area contributed by atoms with E-state index in [4.69, 9.17) is 22.3 Å². The molecule has 0 aliphatic carbocycles. The third-order valence-electron chi connectivity index (χ3n) is 7.31. The summed E-state index contributed by atoms with van der Waals surface area (Å²) in [5.41, 5.74) is 6.85. The summed E-state index contributed by atoms with van der Waals surface area (Å²) in [6.45, 7) is 5.38. The predicted octanol–water partition coefficient (Wildman–Crippen LogP) is 4.60. The highest BCUT2D eigenvalue weighted by Crippen LogP contribution is 2.43. The summed E-state index contributed by atoms with van der Waals surface area (Å²) >= 11 is 7.74. The van der Waals surface area contributed by atoms with Crippen molar-refractivity contribution < 1.29 is 8.78 Å². The highest BCUT2D eigenvalue weighted by atomic mass is 35.5. The van der Waals surface area contributed by atoms with Crippen molar-refractivity contribution in [1.29, 1.82) is 0 Å². The number of piperazine rings is 1. The number of hydrogen-bond acceptors (Lipinski definition) is 8. The maximum Gasteiger partial charge on any atom is 0.181 e. The molecule has 4 aromatic rings. The van der Waals surface area contributed by atoms with Crippen LogP contribution in [0.1, 0.15) is 18.7 Å². The number of anilines is 2. The van der Waals surface area contributed by atoms with E-state index in [2.05, 4.69) is 25.1 Å². The lowest BCUT2D eigenvalue weighted by molar-refractivity contribution is 0.171. The molecule has 3 N–H and O–H groups in total. The van der Waals surface area contributed by atoms with Crippen LogP contribution in [0.3, 0.4) is 0 Å². The third kappa shape index (κ3) is 3.78. The molecular formula is C25H26ClF2N7S. The van der Waals surface area contributed by atoms with Gasteiger partial charge in [0.2, 0.25) is 0 Å². The largest absolute Gasteiger partial charge is 0.375 e. The van der Waals surface area contributed by atoms with Gasteiger partial charge in [0.05, 0.1) is 15.2 Å². The van der Waals surface area contributed by atoms with Gasteiger partial charge in [0, 0.05) is 54.8 Å². The Morgan fingerprint density at radius 3 is 2.61 bits per heavy atom. The average molecular weight is 530 g/mol. The first kappa shape index (κ1) is 23.7. The molecule has 2 unspecified atom stereocenters. The van der Waals surface area contributed by atoms with E-state index < -0.39 is 11.6 Å². The van der Waals surface area contributed by atoms with E-state index in [1.165, 1.54) is 12.1 Å². The van der Waals surface area contributed by atoms with E-state index in [0.29, 0.717) is 34.7 Å². The highest BCUT2D eigenvalue weighted by molar-refractivity contribution is 7.22. The topological polar surface area (TPSA) is 83.2 Å². The molecule has 0 spiro atoms. The smallest absolute Gasteiger partial charge is 0.181 e. The molecule has 2 aliphatic rings. The summed E-state index contributed by atoms with van der Waals surface area (Å²) in [4.78, 5) is 18.3. The Morgan fingerprint density at radius 2 is 1.89 bits per heavy atom. The van der Waals surface area contributed by atoms with Gasteiger partial charge in [-0.2, -0.15) is 0 Å². The molecule has 2 fully saturated rings. The minimum atomic E-state index is -0.570. The van der Waals surface area contributed by atoms with Crippen LogP contribution >= 0.6 is 22.9 Å². The Morgan fingerprint density at radius 1 is 1.14 bits per heavy atom. The Labute approximate surface area is 216 Å². The van der Waals surface area contributed by atoms with Gasteiger partial charge in [0.15, 0.2) is 10.9 Å². The number of aromatic nitrogens is 3. The lowest BCUT2D eigenvalue weighted by Crippen LogP contribution is -2.55. The van der Waals surface area contributed by atoms with Crippen LogP contribution in [0.4, 0.5) is 19.7 Å². The second-order valence-corrected chi connectivity index (χ2v) is 10.9. The average Bonchev–Trinajstić information content (AvgIpc) is 3.35. The van der Waals surface area contributed by atoms with Crippen molar-refractivity contribution in [3.05, 3.63) is 40.7 Å². The Hall–Kier alpha value is -2.66. The molecule has 0 amide bonds. The first-order valence-electron chi connectivity index (χ1n) is 12.0. The number of nitrogens with one attached hydrogen (secondary N) is 1. The number of hydrogen-bond donors (Lipinski definition) is 2. The van der Waals surface area contributed by atoms with Crippen molar-refractivity contribution in [2.75, 3.05) is 43.9 Å². The number of thiazole rings is 1. The van der Waals surface area contributed by atoms with Crippen LogP contribution < -0.4 is 16.0 Å². The molecule has 4 heterocycles. The van der Waals surface area contributed by atoms with Gasteiger partial charge in [-0.25, -0.2) is 23.7 Å². The summed E-state index contributed by atoms with van der Waals surface area (Å²) in [5, 5.41) is 4.22. The van der Waals surface area contributed by atoms with E-state index in [0.717, 1.165) is 50.4 Å². The zero-order chi connectivity index (χ0) is 25.1. The second-order valence-electron chi connectivity index (χ2n) is 9.49. The molecule has 0 radical (unpaired) electrons. The van der Waals surface area contributed by atoms with Crippen LogP contribution in [-0.2, 0) is 0 Å². The van der Waals surface area contributed by atoms with Gasteiger partial charge in [0.25, 0.3) is 0 Å². The normalized spacial score (nSPS) is 20.2. The second kappa shape index (κ2) is 9.02. The van der Waals surface area contributed by atoms with Gasteiger partial charge >= 0.3 is 0 Å². The Kier molecular flexibility index (Phi) is 5.94. The number of nitrogens with zero attached hydrogens (tertiary/aromatic N) is 5. The lowest BCUT2D eigenvalue weighted by Gasteiger charge is -2.42. The molecule has 36 heavy (non-hydrogen) atoms. The molecule has 2 saturated heterocycles. The molecule has 7 nitrogen and oxygen atoms in total. The number of halogens is 3. The van der Waals surface area contributed by atoms with Gasteiger partial charge in [-0.15, -0.1) is 0 Å². The minimum absolute atomic E-state index is 0.139. The van der Waals surface area contributed by atoms with Crippen molar-refractivity contribution in [3.63, 3.8) is 0 Å². The quantitative estimate of drug-likeness (QED) is 0.391. The molecule has 11 heteroatoms. The third-order valence-corrected chi connectivity index (χ3v) is 8.50. The van der Waals surface area contributed by atoms with E-state index in [1.54, 1.807) is 13.0 Å². The van der Waals surface area contributed by atoms with Crippen molar-refractivity contribution in [1.82, 2.24) is 25.2 Å². The van der Waals surface area contributed by atoms with Crippen LogP contribution in [0.5, 0.6) is 0 Å². The fraction of sp³-hybridized carbons (Fsp3) is 0.400. The molecule has 2 atom stereocenters. The number of nitrogen functional groups attached to an aromatic ring is 1. The molecule has 2 aromatic carbocycles. The number of nitrogens with two attached hydrogens (primary N) is 1. The van der Waals surface area contributed by atoms with Gasteiger partial charge in [-0.3, -0.25) is 4.90 Å². The van der Waals surface area contributed by atoms with Crippen molar-refractivity contribution in [2.24, 2.45) is 0 Å². The summed E-state index contributed by atoms with van der Waals surface area (Å²) in [5.74, 6) is 0.164. The maximum atomic E-state index is 16.2. The minimum Gasteiger partial charge on any atom is -0.375 e. The number of fused-ring (bicyclic) bond motifs is 4.